The maximum atomic E-state index is 12.5. The molecule has 0 aromatic carbocycles. The molecule has 0 radical (unpaired) electrons. The Hall–Kier alpha value is -2.19. The molecule has 26 heavy (non-hydrogen) atoms. The van der Waals surface area contributed by atoms with Crippen molar-refractivity contribution in [2.75, 3.05) is 54.0 Å². The van der Waals surface area contributed by atoms with Gasteiger partial charge in [0.05, 0.1) is 25.5 Å². The molecule has 2 rings (SSSR count). The Morgan fingerprint density at radius 1 is 1.23 bits per heavy atom. The van der Waals surface area contributed by atoms with Gasteiger partial charge in [0.25, 0.3) is 11.7 Å². The summed E-state index contributed by atoms with van der Waals surface area (Å²) in [5.41, 5.74) is 0. The molecule has 0 aliphatic carbocycles. The molecule has 2 amide bonds. The zero-order chi connectivity index (χ0) is 19.1. The van der Waals surface area contributed by atoms with Crippen molar-refractivity contribution in [1.82, 2.24) is 14.7 Å². The van der Waals surface area contributed by atoms with Gasteiger partial charge in [-0.2, -0.15) is 0 Å². The van der Waals surface area contributed by atoms with Crippen LogP contribution in [0.3, 0.4) is 0 Å². The second-order valence-electron chi connectivity index (χ2n) is 6.71. The van der Waals surface area contributed by atoms with Crippen LogP contribution in [0, 0.1) is 0 Å². The first-order valence-corrected chi connectivity index (χ1v) is 8.75. The second kappa shape index (κ2) is 9.49. The zero-order valence-electron chi connectivity index (χ0n) is 15.6. The quantitative estimate of drug-likeness (QED) is 0.493. The van der Waals surface area contributed by atoms with E-state index in [0.717, 1.165) is 13.0 Å². The third-order valence-corrected chi connectivity index (χ3v) is 4.36. The Bertz CT molecular complexity index is 614. The highest BCUT2D eigenvalue weighted by Crippen LogP contribution is 2.15. The Labute approximate surface area is 153 Å². The van der Waals surface area contributed by atoms with Crippen molar-refractivity contribution in [2.45, 2.75) is 18.9 Å². The zero-order valence-corrected chi connectivity index (χ0v) is 15.6. The van der Waals surface area contributed by atoms with Crippen LogP contribution in [0.2, 0.25) is 0 Å². The maximum Gasteiger partial charge on any atom is 0.298 e. The lowest BCUT2D eigenvalue weighted by Crippen LogP contribution is -2.52. The SMILES string of the molecule is CN(C)CCCN(C)C(=O)C[C@@H]1COCCN1C(=O)C(=O)c1ccco1. The van der Waals surface area contributed by atoms with Gasteiger partial charge < -0.3 is 23.9 Å². The van der Waals surface area contributed by atoms with Gasteiger partial charge in [-0.05, 0) is 39.2 Å². The summed E-state index contributed by atoms with van der Waals surface area (Å²) in [5.74, 6) is -1.42. The number of morpholine rings is 1. The molecule has 0 N–H and O–H groups in total. The van der Waals surface area contributed by atoms with Gasteiger partial charge in [-0.15, -0.1) is 0 Å². The van der Waals surface area contributed by atoms with Crippen LogP contribution in [-0.2, 0) is 14.3 Å². The average Bonchev–Trinajstić information content (AvgIpc) is 3.15. The van der Waals surface area contributed by atoms with Gasteiger partial charge >= 0.3 is 0 Å². The second-order valence-corrected chi connectivity index (χ2v) is 6.71. The summed E-state index contributed by atoms with van der Waals surface area (Å²) in [6.45, 7) is 2.42. The van der Waals surface area contributed by atoms with Crippen molar-refractivity contribution in [1.29, 1.82) is 0 Å². The summed E-state index contributed by atoms with van der Waals surface area (Å²) >= 11 is 0. The minimum absolute atomic E-state index is 0.00683. The van der Waals surface area contributed by atoms with E-state index in [2.05, 4.69) is 4.90 Å². The molecule has 1 aromatic rings. The van der Waals surface area contributed by atoms with E-state index in [1.165, 1.54) is 17.2 Å². The first kappa shape index (κ1) is 20.1. The number of hydrogen-bond acceptors (Lipinski definition) is 6. The molecule has 1 atom stereocenters. The Morgan fingerprint density at radius 2 is 2.00 bits per heavy atom. The highest BCUT2D eigenvalue weighted by molar-refractivity contribution is 6.42. The monoisotopic (exact) mass is 365 g/mol. The molecule has 1 fully saturated rings. The number of amides is 2. The number of ether oxygens (including phenoxy) is 1. The first-order valence-electron chi connectivity index (χ1n) is 8.75. The summed E-state index contributed by atoms with van der Waals surface area (Å²) in [6.07, 6.45) is 2.36. The van der Waals surface area contributed by atoms with Crippen molar-refractivity contribution in [3.05, 3.63) is 24.2 Å². The molecule has 1 aliphatic rings. The topological polar surface area (TPSA) is 83.3 Å². The van der Waals surface area contributed by atoms with Gasteiger partial charge in [-0.1, -0.05) is 0 Å². The van der Waals surface area contributed by atoms with E-state index in [1.54, 1.807) is 18.0 Å². The van der Waals surface area contributed by atoms with Gasteiger partial charge in [0.2, 0.25) is 5.91 Å². The molecule has 0 spiro atoms. The molecule has 144 valence electrons. The number of furan rings is 1. The number of carbonyl (C=O) groups excluding carboxylic acids is 3. The lowest BCUT2D eigenvalue weighted by Gasteiger charge is -2.35. The van der Waals surface area contributed by atoms with Gasteiger partial charge in [0.15, 0.2) is 5.76 Å². The van der Waals surface area contributed by atoms with E-state index in [-0.39, 0.29) is 31.2 Å². The third kappa shape index (κ3) is 5.40. The van der Waals surface area contributed by atoms with E-state index in [9.17, 15) is 14.4 Å². The molecule has 1 aliphatic heterocycles. The summed E-state index contributed by atoms with van der Waals surface area (Å²) in [7, 11) is 5.73. The van der Waals surface area contributed by atoms with Crippen LogP contribution in [0.4, 0.5) is 0 Å². The van der Waals surface area contributed by atoms with Gasteiger partial charge in [-0.3, -0.25) is 14.4 Å². The van der Waals surface area contributed by atoms with Crippen LogP contribution in [0.5, 0.6) is 0 Å². The molecule has 0 unspecified atom stereocenters. The van der Waals surface area contributed by atoms with Crippen molar-refractivity contribution in [3.8, 4) is 0 Å². The van der Waals surface area contributed by atoms with Crippen LogP contribution < -0.4 is 0 Å². The fraction of sp³-hybridized carbons (Fsp3) is 0.611. The number of rotatable bonds is 8. The molecule has 0 bridgehead atoms. The molecule has 0 saturated carbocycles. The van der Waals surface area contributed by atoms with Crippen molar-refractivity contribution in [2.24, 2.45) is 0 Å². The van der Waals surface area contributed by atoms with E-state index >= 15 is 0 Å². The highest BCUT2D eigenvalue weighted by atomic mass is 16.5. The van der Waals surface area contributed by atoms with Crippen LogP contribution in [0.1, 0.15) is 23.4 Å². The minimum atomic E-state index is -0.700. The Balaban J connectivity index is 1.94. The van der Waals surface area contributed by atoms with Crippen molar-refractivity contribution in [3.63, 3.8) is 0 Å². The maximum absolute atomic E-state index is 12.5. The standard InChI is InChI=1S/C18H27N3O5/c1-19(2)7-5-8-20(3)16(22)12-14-13-25-11-9-21(14)18(24)17(23)15-6-4-10-26-15/h4,6,10,14H,5,7-9,11-13H2,1-3H3/t14-/m1/s1. The predicted octanol–water partition coefficient (Wildman–Crippen LogP) is 0.490. The molecular weight excluding hydrogens is 338 g/mol. The van der Waals surface area contributed by atoms with E-state index in [4.69, 9.17) is 9.15 Å². The number of carbonyl (C=O) groups is 3. The summed E-state index contributed by atoms with van der Waals surface area (Å²) < 4.78 is 10.4. The lowest BCUT2D eigenvalue weighted by atomic mass is 10.1. The minimum Gasteiger partial charge on any atom is -0.461 e. The highest BCUT2D eigenvalue weighted by Gasteiger charge is 2.34. The summed E-state index contributed by atoms with van der Waals surface area (Å²) in [4.78, 5) is 42.4. The predicted molar refractivity (Wildman–Crippen MR) is 94.8 cm³/mol. The molecule has 2 heterocycles. The number of ketones is 1. The van der Waals surface area contributed by atoms with Gasteiger partial charge in [0, 0.05) is 26.6 Å². The average molecular weight is 365 g/mol. The van der Waals surface area contributed by atoms with Gasteiger partial charge in [0.1, 0.15) is 0 Å². The van der Waals surface area contributed by atoms with E-state index in [0.29, 0.717) is 13.2 Å². The van der Waals surface area contributed by atoms with E-state index < -0.39 is 17.7 Å². The summed E-state index contributed by atoms with van der Waals surface area (Å²) in [5, 5.41) is 0. The smallest absolute Gasteiger partial charge is 0.298 e. The molecule has 8 nitrogen and oxygen atoms in total. The molecular formula is C18H27N3O5. The lowest BCUT2D eigenvalue weighted by molar-refractivity contribution is -0.140. The molecule has 1 aromatic heterocycles. The number of Topliss-reactive ketones (excluding diaryl/α,β-unsaturated/α-hetero) is 1. The first-order chi connectivity index (χ1) is 12.4. The van der Waals surface area contributed by atoms with Gasteiger partial charge in [-0.25, -0.2) is 0 Å². The number of nitrogens with zero attached hydrogens (tertiary/aromatic N) is 3. The number of hydrogen-bond donors (Lipinski definition) is 0. The Morgan fingerprint density at radius 3 is 2.65 bits per heavy atom. The molecule has 1 saturated heterocycles. The van der Waals surface area contributed by atoms with Crippen molar-refractivity contribution < 1.29 is 23.5 Å². The van der Waals surface area contributed by atoms with Crippen LogP contribution in [0.25, 0.3) is 0 Å². The van der Waals surface area contributed by atoms with Crippen molar-refractivity contribution >= 4 is 17.6 Å². The molecule has 8 heteroatoms. The summed E-state index contributed by atoms with van der Waals surface area (Å²) in [6, 6.07) is 2.57. The third-order valence-electron chi connectivity index (χ3n) is 4.36. The van der Waals surface area contributed by atoms with E-state index in [1.807, 2.05) is 14.1 Å². The fourth-order valence-electron chi connectivity index (χ4n) is 2.84. The van der Waals surface area contributed by atoms with Crippen LogP contribution in [-0.4, -0.2) is 92.3 Å². The van der Waals surface area contributed by atoms with Crippen LogP contribution in [0.15, 0.2) is 22.8 Å². The van der Waals surface area contributed by atoms with Crippen LogP contribution >= 0.6 is 0 Å². The largest absolute Gasteiger partial charge is 0.461 e. The normalized spacial score (nSPS) is 17.4. The Kier molecular flexibility index (Phi) is 7.35. The fourth-order valence-corrected chi connectivity index (χ4v) is 2.84.